The van der Waals surface area contributed by atoms with E-state index in [0.717, 1.165) is 44.4 Å². The molecule has 0 bridgehead atoms. The topological polar surface area (TPSA) is 40.5 Å². The lowest BCUT2D eigenvalue weighted by Crippen LogP contribution is -2.40. The maximum absolute atomic E-state index is 10.3. The molecule has 2 aliphatic rings. The zero-order chi connectivity index (χ0) is 13.1. The summed E-state index contributed by atoms with van der Waals surface area (Å²) in [6.45, 7) is 4.59. The van der Waals surface area contributed by atoms with Gasteiger partial charge in [0.1, 0.15) is 0 Å². The largest absolute Gasteiger partial charge is 0.393 e. The summed E-state index contributed by atoms with van der Waals surface area (Å²) in [5, 5.41) is 20.7. The minimum atomic E-state index is -0.169. The lowest BCUT2D eigenvalue weighted by molar-refractivity contribution is -0.0359. The Morgan fingerprint density at radius 2 is 1.44 bits per heavy atom. The molecule has 18 heavy (non-hydrogen) atoms. The molecule has 2 fully saturated rings. The van der Waals surface area contributed by atoms with Crippen LogP contribution >= 0.6 is 0 Å². The summed E-state index contributed by atoms with van der Waals surface area (Å²) in [7, 11) is 0. The van der Waals surface area contributed by atoms with Crippen LogP contribution < -0.4 is 0 Å². The average molecular weight is 254 g/mol. The molecule has 2 heteroatoms. The Bertz CT molecular complexity index is 251. The third kappa shape index (κ3) is 3.27. The van der Waals surface area contributed by atoms with Gasteiger partial charge in [0.2, 0.25) is 0 Å². The summed E-state index contributed by atoms with van der Waals surface area (Å²) < 4.78 is 0. The second-order valence-corrected chi connectivity index (χ2v) is 6.92. The fraction of sp³-hybridized carbons (Fsp3) is 1.00. The zero-order valence-corrected chi connectivity index (χ0v) is 12.0. The van der Waals surface area contributed by atoms with E-state index in [-0.39, 0.29) is 12.2 Å². The second-order valence-electron chi connectivity index (χ2n) is 6.92. The van der Waals surface area contributed by atoms with Gasteiger partial charge in [-0.15, -0.1) is 0 Å². The van der Waals surface area contributed by atoms with Gasteiger partial charge in [0, 0.05) is 0 Å². The fourth-order valence-electron chi connectivity index (χ4n) is 4.11. The summed E-state index contributed by atoms with van der Waals surface area (Å²) in [6.07, 6.45) is 8.61. The highest BCUT2D eigenvalue weighted by atomic mass is 16.3. The third-order valence-electron chi connectivity index (χ3n) is 5.43. The van der Waals surface area contributed by atoms with Crippen LogP contribution in [0.25, 0.3) is 0 Å². The van der Waals surface area contributed by atoms with E-state index >= 15 is 0 Å². The van der Waals surface area contributed by atoms with Crippen LogP contribution in [0.1, 0.15) is 65.2 Å². The van der Waals surface area contributed by atoms with E-state index in [9.17, 15) is 10.2 Å². The predicted molar refractivity (Wildman–Crippen MR) is 74.3 cm³/mol. The van der Waals surface area contributed by atoms with Crippen LogP contribution in [-0.2, 0) is 0 Å². The van der Waals surface area contributed by atoms with Gasteiger partial charge in [0.05, 0.1) is 12.2 Å². The number of rotatable bonds is 2. The molecule has 5 atom stereocenters. The summed E-state index contributed by atoms with van der Waals surface area (Å²) in [6, 6.07) is 0. The molecule has 0 spiro atoms. The third-order valence-corrected chi connectivity index (χ3v) is 5.43. The Labute approximate surface area is 112 Å². The average Bonchev–Trinajstić information content (AvgIpc) is 2.54. The highest BCUT2D eigenvalue weighted by Crippen LogP contribution is 2.42. The molecule has 2 nitrogen and oxygen atoms in total. The smallest absolute Gasteiger partial charge is 0.0572 e. The number of aliphatic hydroxyl groups is 2. The van der Waals surface area contributed by atoms with Gasteiger partial charge in [-0.25, -0.2) is 0 Å². The standard InChI is InChI=1S/C16H30O2/c1-11(2)12-8-9-16(18)14(10-12)13-6-4-3-5-7-15(13)17/h11-18H,3-10H2,1-2H3. The summed E-state index contributed by atoms with van der Waals surface area (Å²) in [5.41, 5.74) is 0. The van der Waals surface area contributed by atoms with Crippen LogP contribution in [-0.4, -0.2) is 22.4 Å². The maximum Gasteiger partial charge on any atom is 0.0572 e. The SMILES string of the molecule is CC(C)C1CCC(O)C(C2CCCCCC2O)C1. The molecule has 5 unspecified atom stereocenters. The van der Waals surface area contributed by atoms with Gasteiger partial charge < -0.3 is 10.2 Å². The first-order chi connectivity index (χ1) is 8.59. The fourth-order valence-corrected chi connectivity index (χ4v) is 4.11. The molecule has 0 aromatic carbocycles. The molecule has 0 amide bonds. The summed E-state index contributed by atoms with van der Waals surface area (Å²) in [5.74, 6) is 2.15. The number of hydrogen-bond acceptors (Lipinski definition) is 2. The van der Waals surface area contributed by atoms with Gasteiger partial charge >= 0.3 is 0 Å². The molecule has 0 radical (unpaired) electrons. The van der Waals surface area contributed by atoms with Crippen molar-refractivity contribution in [1.29, 1.82) is 0 Å². The maximum atomic E-state index is 10.3. The van der Waals surface area contributed by atoms with Crippen molar-refractivity contribution in [3.05, 3.63) is 0 Å². The van der Waals surface area contributed by atoms with Crippen molar-refractivity contribution in [2.45, 2.75) is 77.4 Å². The quantitative estimate of drug-likeness (QED) is 0.742. The molecule has 0 aromatic rings. The lowest BCUT2D eigenvalue weighted by atomic mass is 9.68. The lowest BCUT2D eigenvalue weighted by Gasteiger charge is -2.41. The number of hydrogen-bond donors (Lipinski definition) is 2. The molecule has 0 saturated heterocycles. The van der Waals surface area contributed by atoms with Gasteiger partial charge in [-0.05, 0) is 55.8 Å². The molecule has 2 N–H and O–H groups in total. The van der Waals surface area contributed by atoms with E-state index in [1.165, 1.54) is 12.8 Å². The molecule has 0 heterocycles. The van der Waals surface area contributed by atoms with Crippen LogP contribution in [0.4, 0.5) is 0 Å². The first-order valence-corrected chi connectivity index (χ1v) is 7.95. The Balaban J connectivity index is 2.03. The van der Waals surface area contributed by atoms with E-state index in [1.54, 1.807) is 0 Å². The van der Waals surface area contributed by atoms with Gasteiger partial charge in [-0.2, -0.15) is 0 Å². The molecular weight excluding hydrogens is 224 g/mol. The highest BCUT2D eigenvalue weighted by Gasteiger charge is 2.38. The minimum Gasteiger partial charge on any atom is -0.393 e. The van der Waals surface area contributed by atoms with Crippen molar-refractivity contribution in [3.63, 3.8) is 0 Å². The van der Waals surface area contributed by atoms with Crippen molar-refractivity contribution >= 4 is 0 Å². The normalized spacial score (nSPS) is 42.8. The molecular formula is C16H30O2. The van der Waals surface area contributed by atoms with Crippen molar-refractivity contribution in [3.8, 4) is 0 Å². The van der Waals surface area contributed by atoms with Crippen LogP contribution in [0.5, 0.6) is 0 Å². The van der Waals surface area contributed by atoms with Gasteiger partial charge in [0.15, 0.2) is 0 Å². The first kappa shape index (κ1) is 14.3. The first-order valence-electron chi connectivity index (χ1n) is 7.95. The van der Waals surface area contributed by atoms with Crippen LogP contribution in [0.2, 0.25) is 0 Å². The molecule has 2 rings (SSSR count). The molecule has 0 aliphatic heterocycles. The monoisotopic (exact) mass is 254 g/mol. The molecule has 0 aromatic heterocycles. The van der Waals surface area contributed by atoms with Crippen molar-refractivity contribution in [1.82, 2.24) is 0 Å². The van der Waals surface area contributed by atoms with Crippen LogP contribution in [0, 0.1) is 23.7 Å². The molecule has 2 aliphatic carbocycles. The van der Waals surface area contributed by atoms with E-state index in [0.29, 0.717) is 17.8 Å². The summed E-state index contributed by atoms with van der Waals surface area (Å²) >= 11 is 0. The molecule has 2 saturated carbocycles. The van der Waals surface area contributed by atoms with E-state index < -0.39 is 0 Å². The van der Waals surface area contributed by atoms with Crippen LogP contribution in [0.15, 0.2) is 0 Å². The van der Waals surface area contributed by atoms with Crippen molar-refractivity contribution in [2.75, 3.05) is 0 Å². The zero-order valence-electron chi connectivity index (χ0n) is 12.0. The minimum absolute atomic E-state index is 0.168. The highest BCUT2D eigenvalue weighted by molar-refractivity contribution is 4.89. The van der Waals surface area contributed by atoms with E-state index in [1.807, 2.05) is 0 Å². The predicted octanol–water partition coefficient (Wildman–Crippen LogP) is 3.36. The van der Waals surface area contributed by atoms with Crippen LogP contribution in [0.3, 0.4) is 0 Å². The number of aliphatic hydroxyl groups excluding tert-OH is 2. The Kier molecular flexibility index (Phi) is 5.08. The summed E-state index contributed by atoms with van der Waals surface area (Å²) in [4.78, 5) is 0. The van der Waals surface area contributed by atoms with Crippen molar-refractivity contribution in [2.24, 2.45) is 23.7 Å². The van der Waals surface area contributed by atoms with E-state index in [4.69, 9.17) is 0 Å². The van der Waals surface area contributed by atoms with Gasteiger partial charge in [-0.1, -0.05) is 33.1 Å². The Hall–Kier alpha value is -0.0800. The van der Waals surface area contributed by atoms with Crippen molar-refractivity contribution < 1.29 is 10.2 Å². The van der Waals surface area contributed by atoms with Gasteiger partial charge in [0.25, 0.3) is 0 Å². The van der Waals surface area contributed by atoms with Gasteiger partial charge in [-0.3, -0.25) is 0 Å². The van der Waals surface area contributed by atoms with E-state index in [2.05, 4.69) is 13.8 Å². The second kappa shape index (κ2) is 6.38. The molecule has 106 valence electrons. The Morgan fingerprint density at radius 3 is 2.17 bits per heavy atom. The Morgan fingerprint density at radius 1 is 0.778 bits per heavy atom.